The quantitative estimate of drug-likeness (QED) is 0.794. The Kier molecular flexibility index (Phi) is 5.52. The lowest BCUT2D eigenvalue weighted by molar-refractivity contribution is -0.115. The van der Waals surface area contributed by atoms with E-state index in [-0.39, 0.29) is 11.7 Å². The molecule has 120 valence electrons. The highest BCUT2D eigenvalue weighted by Crippen LogP contribution is 2.14. The third kappa shape index (κ3) is 5.25. The number of hydrogen-bond acceptors (Lipinski definition) is 3. The Bertz CT molecular complexity index is 686. The van der Waals surface area contributed by atoms with E-state index in [4.69, 9.17) is 0 Å². The molecule has 23 heavy (non-hydrogen) atoms. The Labute approximate surface area is 136 Å². The van der Waals surface area contributed by atoms with Crippen LogP contribution >= 0.6 is 0 Å². The first-order valence-electron chi connectivity index (χ1n) is 7.67. The fourth-order valence-corrected chi connectivity index (χ4v) is 2.41. The van der Waals surface area contributed by atoms with Crippen LogP contribution in [0.2, 0.25) is 0 Å². The van der Waals surface area contributed by atoms with Crippen LogP contribution in [0, 0.1) is 13.8 Å². The molecule has 2 N–H and O–H groups in total. The lowest BCUT2D eigenvalue weighted by atomic mass is 10.1. The fourth-order valence-electron chi connectivity index (χ4n) is 2.41. The average molecular weight is 310 g/mol. The molecule has 0 unspecified atom stereocenters. The van der Waals surface area contributed by atoms with Crippen molar-refractivity contribution < 1.29 is 9.59 Å². The lowest BCUT2D eigenvalue weighted by Crippen LogP contribution is -2.16. The van der Waals surface area contributed by atoms with Gasteiger partial charge in [-0.3, -0.25) is 9.59 Å². The molecule has 2 aromatic rings. The standard InChI is InChI=1S/C19H22N2O2/c1-13-10-14(2)12-18(11-13)20-9-8-19(23)21-17-6-4-16(5-7-17)15(3)22/h4-7,10-12,20H,8-9H2,1-3H3,(H,21,23). The maximum absolute atomic E-state index is 11.9. The molecule has 0 saturated heterocycles. The maximum Gasteiger partial charge on any atom is 0.226 e. The zero-order chi connectivity index (χ0) is 16.8. The van der Waals surface area contributed by atoms with Gasteiger partial charge in [-0.05, 0) is 68.3 Å². The van der Waals surface area contributed by atoms with Crippen LogP contribution in [0.1, 0.15) is 34.8 Å². The van der Waals surface area contributed by atoms with E-state index in [1.165, 1.54) is 18.1 Å². The number of Topliss-reactive ketones (excluding diaryl/α,β-unsaturated/α-hetero) is 1. The summed E-state index contributed by atoms with van der Waals surface area (Å²) in [6, 6.07) is 13.1. The van der Waals surface area contributed by atoms with Gasteiger partial charge < -0.3 is 10.6 Å². The van der Waals surface area contributed by atoms with Gasteiger partial charge in [-0.2, -0.15) is 0 Å². The van der Waals surface area contributed by atoms with Gasteiger partial charge in [0.25, 0.3) is 0 Å². The van der Waals surface area contributed by atoms with Gasteiger partial charge >= 0.3 is 0 Å². The van der Waals surface area contributed by atoms with Gasteiger partial charge in [-0.25, -0.2) is 0 Å². The van der Waals surface area contributed by atoms with Crippen LogP contribution in [-0.2, 0) is 4.79 Å². The third-order valence-corrected chi connectivity index (χ3v) is 3.48. The lowest BCUT2D eigenvalue weighted by Gasteiger charge is -2.09. The number of hydrogen-bond donors (Lipinski definition) is 2. The number of aryl methyl sites for hydroxylation is 2. The molecule has 0 heterocycles. The number of nitrogens with one attached hydrogen (secondary N) is 2. The van der Waals surface area contributed by atoms with E-state index in [2.05, 4.69) is 42.7 Å². The van der Waals surface area contributed by atoms with Crippen LogP contribution in [0.15, 0.2) is 42.5 Å². The number of carbonyl (C=O) groups excluding carboxylic acids is 2. The van der Waals surface area contributed by atoms with Gasteiger partial charge in [-0.15, -0.1) is 0 Å². The predicted octanol–water partition coefficient (Wildman–Crippen LogP) is 3.95. The average Bonchev–Trinajstić information content (AvgIpc) is 2.46. The largest absolute Gasteiger partial charge is 0.385 e. The van der Waals surface area contributed by atoms with E-state index in [0.717, 1.165) is 5.69 Å². The molecule has 0 aliphatic heterocycles. The van der Waals surface area contributed by atoms with Crippen LogP contribution in [0.5, 0.6) is 0 Å². The second kappa shape index (κ2) is 7.58. The first-order chi connectivity index (χ1) is 10.9. The summed E-state index contributed by atoms with van der Waals surface area (Å²) in [5, 5.41) is 6.09. The molecule has 0 aliphatic rings. The van der Waals surface area contributed by atoms with Crippen molar-refractivity contribution in [2.45, 2.75) is 27.2 Å². The Morgan fingerprint density at radius 2 is 1.52 bits per heavy atom. The Morgan fingerprint density at radius 3 is 2.09 bits per heavy atom. The summed E-state index contributed by atoms with van der Waals surface area (Å²) in [7, 11) is 0. The molecule has 0 aromatic heterocycles. The molecule has 1 amide bonds. The van der Waals surface area contributed by atoms with E-state index in [0.29, 0.717) is 24.2 Å². The Balaban J connectivity index is 1.81. The molecular formula is C19H22N2O2. The number of carbonyl (C=O) groups is 2. The second-order valence-electron chi connectivity index (χ2n) is 5.73. The van der Waals surface area contributed by atoms with E-state index in [1.54, 1.807) is 24.3 Å². The van der Waals surface area contributed by atoms with Crippen molar-refractivity contribution in [2.75, 3.05) is 17.2 Å². The molecule has 2 rings (SSSR count). The highest BCUT2D eigenvalue weighted by atomic mass is 16.1. The van der Waals surface area contributed by atoms with E-state index in [9.17, 15) is 9.59 Å². The van der Waals surface area contributed by atoms with Gasteiger partial charge in [0.2, 0.25) is 5.91 Å². The van der Waals surface area contributed by atoms with Crippen LogP contribution < -0.4 is 10.6 Å². The molecule has 0 spiro atoms. The fraction of sp³-hybridized carbons (Fsp3) is 0.263. The zero-order valence-electron chi connectivity index (χ0n) is 13.8. The summed E-state index contributed by atoms with van der Waals surface area (Å²) in [5.74, 6) is -0.0435. The summed E-state index contributed by atoms with van der Waals surface area (Å²) in [4.78, 5) is 23.1. The number of rotatable bonds is 6. The maximum atomic E-state index is 11.9. The van der Waals surface area contributed by atoms with Crippen LogP contribution in [0.25, 0.3) is 0 Å². The van der Waals surface area contributed by atoms with Gasteiger partial charge in [-0.1, -0.05) is 6.07 Å². The van der Waals surface area contributed by atoms with Gasteiger partial charge in [0, 0.05) is 29.9 Å². The Hall–Kier alpha value is -2.62. The minimum absolute atomic E-state index is 0.0144. The first kappa shape index (κ1) is 16.7. The number of anilines is 2. The number of benzene rings is 2. The van der Waals surface area contributed by atoms with Crippen molar-refractivity contribution in [1.29, 1.82) is 0 Å². The van der Waals surface area contributed by atoms with Crippen molar-refractivity contribution >= 4 is 23.1 Å². The summed E-state index contributed by atoms with van der Waals surface area (Å²) in [5.41, 5.74) is 4.76. The summed E-state index contributed by atoms with van der Waals surface area (Å²) < 4.78 is 0. The van der Waals surface area contributed by atoms with Crippen molar-refractivity contribution in [1.82, 2.24) is 0 Å². The first-order valence-corrected chi connectivity index (χ1v) is 7.67. The number of amides is 1. The summed E-state index contributed by atoms with van der Waals surface area (Å²) in [6.45, 7) is 6.19. The molecule has 0 fully saturated rings. The van der Waals surface area contributed by atoms with E-state index < -0.39 is 0 Å². The highest BCUT2D eigenvalue weighted by molar-refractivity contribution is 5.95. The molecule has 0 bridgehead atoms. The third-order valence-electron chi connectivity index (χ3n) is 3.48. The van der Waals surface area contributed by atoms with Gasteiger partial charge in [0.05, 0.1) is 0 Å². The molecule has 0 radical (unpaired) electrons. The van der Waals surface area contributed by atoms with Crippen molar-refractivity contribution in [2.24, 2.45) is 0 Å². The van der Waals surface area contributed by atoms with E-state index in [1.807, 2.05) is 0 Å². The van der Waals surface area contributed by atoms with Crippen molar-refractivity contribution in [3.8, 4) is 0 Å². The second-order valence-corrected chi connectivity index (χ2v) is 5.73. The minimum Gasteiger partial charge on any atom is -0.385 e. The van der Waals surface area contributed by atoms with Crippen LogP contribution in [-0.4, -0.2) is 18.2 Å². The number of ketones is 1. The predicted molar refractivity (Wildman–Crippen MR) is 94.1 cm³/mol. The molecule has 4 nitrogen and oxygen atoms in total. The van der Waals surface area contributed by atoms with Crippen molar-refractivity contribution in [3.63, 3.8) is 0 Å². The molecule has 0 aliphatic carbocycles. The monoisotopic (exact) mass is 310 g/mol. The topological polar surface area (TPSA) is 58.2 Å². The van der Waals surface area contributed by atoms with Crippen molar-refractivity contribution in [3.05, 3.63) is 59.2 Å². The molecule has 0 saturated carbocycles. The molecular weight excluding hydrogens is 288 g/mol. The van der Waals surface area contributed by atoms with Crippen LogP contribution in [0.4, 0.5) is 11.4 Å². The minimum atomic E-state index is -0.0579. The summed E-state index contributed by atoms with van der Waals surface area (Å²) >= 11 is 0. The zero-order valence-corrected chi connectivity index (χ0v) is 13.8. The SMILES string of the molecule is CC(=O)c1ccc(NC(=O)CCNc2cc(C)cc(C)c2)cc1. The van der Waals surface area contributed by atoms with Crippen LogP contribution in [0.3, 0.4) is 0 Å². The molecule has 4 heteroatoms. The molecule has 0 atom stereocenters. The normalized spacial score (nSPS) is 10.2. The summed E-state index contributed by atoms with van der Waals surface area (Å²) in [6.07, 6.45) is 0.376. The van der Waals surface area contributed by atoms with Gasteiger partial charge in [0.15, 0.2) is 5.78 Å². The molecule has 2 aromatic carbocycles. The Morgan fingerprint density at radius 1 is 0.913 bits per heavy atom. The highest BCUT2D eigenvalue weighted by Gasteiger charge is 2.04. The van der Waals surface area contributed by atoms with E-state index >= 15 is 0 Å². The van der Waals surface area contributed by atoms with Gasteiger partial charge in [0.1, 0.15) is 0 Å². The smallest absolute Gasteiger partial charge is 0.226 e.